The van der Waals surface area contributed by atoms with Crippen LogP contribution in [0.4, 0.5) is 0 Å². The molecule has 172 valence electrons. The van der Waals surface area contributed by atoms with Crippen molar-refractivity contribution in [2.45, 2.75) is 61.4 Å². The van der Waals surface area contributed by atoms with Crippen LogP contribution in [0.15, 0.2) is 10.3 Å². The summed E-state index contributed by atoms with van der Waals surface area (Å²) in [4.78, 5) is 22.0. The number of rotatable bonds is 5. The van der Waals surface area contributed by atoms with Gasteiger partial charge in [0.2, 0.25) is 5.91 Å². The van der Waals surface area contributed by atoms with E-state index in [1.54, 1.807) is 23.1 Å². The summed E-state index contributed by atoms with van der Waals surface area (Å²) in [6.45, 7) is 9.36. The van der Waals surface area contributed by atoms with Crippen molar-refractivity contribution in [2.75, 3.05) is 32.6 Å². The number of morpholine rings is 1. The Hall–Kier alpha value is -1.40. The molecule has 0 radical (unpaired) electrons. The van der Waals surface area contributed by atoms with E-state index in [0.29, 0.717) is 38.1 Å². The van der Waals surface area contributed by atoms with Crippen molar-refractivity contribution in [3.63, 3.8) is 0 Å². The summed E-state index contributed by atoms with van der Waals surface area (Å²) in [7, 11) is 0. The quantitative estimate of drug-likeness (QED) is 0.394. The monoisotopic (exact) mass is 493 g/mol. The first-order chi connectivity index (χ1) is 15.4. The molecule has 0 aromatic carbocycles. The predicted molar refractivity (Wildman–Crippen MR) is 128 cm³/mol. The topological polar surface area (TPSA) is 81.9 Å². The van der Waals surface area contributed by atoms with Gasteiger partial charge in [0.05, 0.1) is 36.1 Å². The molecule has 0 N–H and O–H groups in total. The molecule has 5 heterocycles. The van der Waals surface area contributed by atoms with Crippen molar-refractivity contribution < 1.29 is 14.3 Å². The van der Waals surface area contributed by atoms with Gasteiger partial charge in [0.15, 0.2) is 16.0 Å². The molecule has 0 saturated carbocycles. The number of carbonyl (C=O) groups is 1. The van der Waals surface area contributed by atoms with E-state index < -0.39 is 0 Å². The maximum absolute atomic E-state index is 12.9. The molecule has 2 atom stereocenters. The SMILES string of the molecule is CCC1(C)Cc2c(sc3nc(SC)n4c(SC(C)C(=O)N5CCOCC5)nnc4c23)CO1. The average molecular weight is 494 g/mol. The van der Waals surface area contributed by atoms with E-state index >= 15 is 0 Å². The molecule has 0 bridgehead atoms. The van der Waals surface area contributed by atoms with Crippen molar-refractivity contribution in [3.05, 3.63) is 10.4 Å². The molecule has 3 aromatic rings. The molecule has 0 spiro atoms. The number of fused-ring (bicyclic) bond motifs is 5. The van der Waals surface area contributed by atoms with Gasteiger partial charge in [-0.15, -0.1) is 21.5 Å². The molecule has 3 aromatic heterocycles. The van der Waals surface area contributed by atoms with Crippen LogP contribution in [-0.4, -0.2) is 73.8 Å². The highest BCUT2D eigenvalue weighted by Crippen LogP contribution is 2.42. The lowest BCUT2D eigenvalue weighted by Gasteiger charge is -2.33. The number of ether oxygens (including phenoxy) is 2. The third-order valence-corrected chi connectivity index (χ3v) is 9.07. The Morgan fingerprint density at radius 1 is 1.28 bits per heavy atom. The molecular weight excluding hydrogens is 466 g/mol. The van der Waals surface area contributed by atoms with E-state index in [-0.39, 0.29) is 16.8 Å². The summed E-state index contributed by atoms with van der Waals surface area (Å²) in [5.41, 5.74) is 1.94. The molecule has 1 saturated heterocycles. The van der Waals surface area contributed by atoms with Gasteiger partial charge < -0.3 is 14.4 Å². The zero-order valence-corrected chi connectivity index (χ0v) is 21.2. The number of aromatic nitrogens is 4. The van der Waals surface area contributed by atoms with Gasteiger partial charge in [0.1, 0.15) is 4.83 Å². The van der Waals surface area contributed by atoms with Crippen LogP contribution in [0.1, 0.15) is 37.6 Å². The summed E-state index contributed by atoms with van der Waals surface area (Å²) in [5, 5.41) is 11.5. The lowest BCUT2D eigenvalue weighted by Crippen LogP contribution is -2.44. The minimum absolute atomic E-state index is 0.110. The minimum atomic E-state index is -0.265. The first-order valence-electron chi connectivity index (χ1n) is 10.8. The molecule has 11 heteroatoms. The number of thiophene rings is 1. The molecule has 2 aliphatic rings. The largest absolute Gasteiger partial charge is 0.378 e. The van der Waals surface area contributed by atoms with Crippen LogP contribution in [0.2, 0.25) is 0 Å². The van der Waals surface area contributed by atoms with Crippen molar-refractivity contribution in [1.82, 2.24) is 24.5 Å². The minimum Gasteiger partial charge on any atom is -0.378 e. The van der Waals surface area contributed by atoms with Crippen LogP contribution in [-0.2, 0) is 27.3 Å². The summed E-state index contributed by atoms with van der Waals surface area (Å²) in [6.07, 6.45) is 3.80. The Kier molecular flexibility index (Phi) is 6.12. The third-order valence-electron chi connectivity index (χ3n) is 6.30. The summed E-state index contributed by atoms with van der Waals surface area (Å²) in [5.74, 6) is 0.110. The number of carbonyl (C=O) groups excluding carboxylic acids is 1. The van der Waals surface area contributed by atoms with Crippen LogP contribution in [0.3, 0.4) is 0 Å². The summed E-state index contributed by atoms with van der Waals surface area (Å²) >= 11 is 4.71. The Morgan fingerprint density at radius 2 is 2.06 bits per heavy atom. The van der Waals surface area contributed by atoms with Crippen molar-refractivity contribution in [3.8, 4) is 0 Å². The molecule has 2 unspecified atom stereocenters. The van der Waals surface area contributed by atoms with Crippen LogP contribution in [0.5, 0.6) is 0 Å². The van der Waals surface area contributed by atoms with Gasteiger partial charge in [-0.25, -0.2) is 9.38 Å². The van der Waals surface area contributed by atoms with Gasteiger partial charge >= 0.3 is 0 Å². The standard InChI is InChI=1S/C21H27N5O3S3/c1-5-21(3)10-13-14(11-29-21)32-17-15(13)16-23-24-20(26(16)19(22-17)30-4)31-12(2)18(27)25-6-8-28-9-7-25/h12H,5-11H2,1-4H3. The molecule has 1 amide bonds. The lowest BCUT2D eigenvalue weighted by atomic mass is 9.90. The second-order valence-corrected chi connectivity index (χ2v) is 11.6. The zero-order valence-electron chi connectivity index (χ0n) is 18.7. The van der Waals surface area contributed by atoms with Gasteiger partial charge in [0, 0.05) is 24.4 Å². The molecule has 1 fully saturated rings. The van der Waals surface area contributed by atoms with E-state index in [9.17, 15) is 4.79 Å². The Labute approximate surface area is 199 Å². The summed E-state index contributed by atoms with van der Waals surface area (Å²) in [6, 6.07) is 0. The molecule has 2 aliphatic heterocycles. The van der Waals surface area contributed by atoms with Crippen LogP contribution in [0, 0.1) is 0 Å². The van der Waals surface area contributed by atoms with E-state index in [2.05, 4.69) is 24.0 Å². The number of hydrogen-bond donors (Lipinski definition) is 0. The Bertz CT molecular complexity index is 1170. The van der Waals surface area contributed by atoms with Crippen molar-refractivity contribution in [2.24, 2.45) is 0 Å². The van der Waals surface area contributed by atoms with Gasteiger partial charge in [-0.2, -0.15) is 0 Å². The second-order valence-electron chi connectivity index (χ2n) is 8.39. The molecule has 32 heavy (non-hydrogen) atoms. The maximum Gasteiger partial charge on any atom is 0.236 e. The van der Waals surface area contributed by atoms with E-state index in [1.165, 1.54) is 22.2 Å². The maximum atomic E-state index is 12.9. The number of nitrogens with zero attached hydrogens (tertiary/aromatic N) is 5. The number of amides is 1. The predicted octanol–water partition coefficient (Wildman–Crippen LogP) is 3.64. The molecule has 8 nitrogen and oxygen atoms in total. The Balaban J connectivity index is 1.55. The van der Waals surface area contributed by atoms with Crippen LogP contribution >= 0.6 is 34.9 Å². The zero-order chi connectivity index (χ0) is 22.5. The fourth-order valence-corrected chi connectivity index (χ4v) is 6.89. The van der Waals surface area contributed by atoms with Crippen molar-refractivity contribution >= 4 is 56.6 Å². The fourth-order valence-electron chi connectivity index (χ4n) is 4.21. The molecule has 0 aliphatic carbocycles. The van der Waals surface area contributed by atoms with Crippen LogP contribution in [0.25, 0.3) is 15.9 Å². The second kappa shape index (κ2) is 8.75. The first kappa shape index (κ1) is 22.4. The van der Waals surface area contributed by atoms with Crippen LogP contribution < -0.4 is 0 Å². The van der Waals surface area contributed by atoms with Gasteiger partial charge in [0.25, 0.3) is 0 Å². The van der Waals surface area contributed by atoms with Gasteiger partial charge in [-0.05, 0) is 32.1 Å². The number of thioether (sulfide) groups is 2. The van der Waals surface area contributed by atoms with Gasteiger partial charge in [-0.1, -0.05) is 30.4 Å². The molecular formula is C21H27N5O3S3. The average Bonchev–Trinajstić information content (AvgIpc) is 3.39. The lowest BCUT2D eigenvalue weighted by molar-refractivity contribution is -0.134. The number of hydrogen-bond acceptors (Lipinski definition) is 9. The first-order valence-corrected chi connectivity index (χ1v) is 13.8. The highest BCUT2D eigenvalue weighted by atomic mass is 32.2. The third kappa shape index (κ3) is 3.81. The normalized spacial score (nSPS) is 22.4. The van der Waals surface area contributed by atoms with E-state index in [1.807, 2.05) is 22.5 Å². The highest BCUT2D eigenvalue weighted by molar-refractivity contribution is 8.00. The van der Waals surface area contributed by atoms with Crippen molar-refractivity contribution in [1.29, 1.82) is 0 Å². The van der Waals surface area contributed by atoms with Gasteiger partial charge in [-0.3, -0.25) is 4.79 Å². The summed E-state index contributed by atoms with van der Waals surface area (Å²) < 4.78 is 13.6. The van der Waals surface area contributed by atoms with E-state index in [4.69, 9.17) is 14.5 Å². The fraction of sp³-hybridized carbons (Fsp3) is 0.619. The van der Waals surface area contributed by atoms with E-state index in [0.717, 1.165) is 33.9 Å². The smallest absolute Gasteiger partial charge is 0.236 e. The Morgan fingerprint density at radius 3 is 2.78 bits per heavy atom. The highest BCUT2D eigenvalue weighted by Gasteiger charge is 2.34. The molecule has 5 rings (SSSR count).